The summed E-state index contributed by atoms with van der Waals surface area (Å²) in [5, 5.41) is 4.00. The molecule has 0 atom stereocenters. The largest absolute Gasteiger partial charge is 0.359 e. The SMILES string of the molecule is C=C(CC(C)(C)Cl)Nc1ccc(Cl)c(C)c1. The molecule has 88 valence electrons. The number of nitrogens with one attached hydrogen (secondary N) is 1. The lowest BCUT2D eigenvalue weighted by Crippen LogP contribution is -2.14. The minimum absolute atomic E-state index is 0.272. The van der Waals surface area contributed by atoms with Crippen molar-refractivity contribution in [2.75, 3.05) is 5.32 Å². The second-order valence-corrected chi connectivity index (χ2v) is 6.02. The van der Waals surface area contributed by atoms with E-state index in [-0.39, 0.29) is 4.87 Å². The predicted molar refractivity (Wildman–Crippen MR) is 73.5 cm³/mol. The van der Waals surface area contributed by atoms with Crippen LogP contribution < -0.4 is 5.32 Å². The molecule has 0 aliphatic carbocycles. The van der Waals surface area contributed by atoms with Gasteiger partial charge in [0.05, 0.1) is 0 Å². The van der Waals surface area contributed by atoms with Crippen molar-refractivity contribution in [1.82, 2.24) is 0 Å². The molecular formula is C13H17Cl2N. The van der Waals surface area contributed by atoms with Gasteiger partial charge in [-0.2, -0.15) is 0 Å². The van der Waals surface area contributed by atoms with Gasteiger partial charge in [0.15, 0.2) is 0 Å². The molecule has 0 unspecified atom stereocenters. The molecule has 0 saturated carbocycles. The molecule has 1 rings (SSSR count). The minimum Gasteiger partial charge on any atom is -0.359 e. The molecule has 3 heteroatoms. The molecule has 0 aromatic heterocycles. The highest BCUT2D eigenvalue weighted by molar-refractivity contribution is 6.31. The summed E-state index contributed by atoms with van der Waals surface area (Å²) in [6.07, 6.45) is 0.718. The second-order valence-electron chi connectivity index (χ2n) is 4.59. The third kappa shape index (κ3) is 4.46. The lowest BCUT2D eigenvalue weighted by atomic mass is 10.1. The summed E-state index contributed by atoms with van der Waals surface area (Å²) in [6.45, 7) is 9.87. The smallest absolute Gasteiger partial charge is 0.0444 e. The molecule has 0 aliphatic rings. The van der Waals surface area contributed by atoms with Crippen molar-refractivity contribution in [1.29, 1.82) is 0 Å². The standard InChI is InChI=1S/C13H17Cl2N/c1-9-7-11(5-6-12(9)14)16-10(2)8-13(3,4)15/h5-7,16H,2,8H2,1,3-4H3. The summed E-state index contributed by atoms with van der Waals surface area (Å²) in [4.78, 5) is -0.272. The Labute approximate surface area is 107 Å². The average Bonchev–Trinajstić information content (AvgIpc) is 2.08. The molecule has 0 saturated heterocycles. The van der Waals surface area contributed by atoms with Crippen LogP contribution in [0.1, 0.15) is 25.8 Å². The Morgan fingerprint density at radius 2 is 2.06 bits per heavy atom. The van der Waals surface area contributed by atoms with E-state index < -0.39 is 0 Å². The summed E-state index contributed by atoms with van der Waals surface area (Å²) < 4.78 is 0. The Morgan fingerprint density at radius 3 is 2.56 bits per heavy atom. The lowest BCUT2D eigenvalue weighted by Gasteiger charge is -2.18. The summed E-state index contributed by atoms with van der Waals surface area (Å²) in [7, 11) is 0. The maximum Gasteiger partial charge on any atom is 0.0444 e. The monoisotopic (exact) mass is 257 g/mol. The first kappa shape index (κ1) is 13.4. The van der Waals surface area contributed by atoms with Crippen molar-refractivity contribution >= 4 is 28.9 Å². The van der Waals surface area contributed by atoms with Gasteiger partial charge in [-0.3, -0.25) is 0 Å². The van der Waals surface area contributed by atoms with Crippen LogP contribution in [-0.4, -0.2) is 4.87 Å². The number of halogens is 2. The number of alkyl halides is 1. The number of aryl methyl sites for hydroxylation is 1. The number of allylic oxidation sites excluding steroid dienone is 1. The van der Waals surface area contributed by atoms with Crippen LogP contribution in [0.2, 0.25) is 5.02 Å². The Kier molecular flexibility index (Phi) is 4.28. The van der Waals surface area contributed by atoms with Crippen LogP contribution in [0.5, 0.6) is 0 Å². The van der Waals surface area contributed by atoms with Gasteiger partial charge in [-0.25, -0.2) is 0 Å². The second kappa shape index (κ2) is 5.11. The maximum absolute atomic E-state index is 6.13. The molecular weight excluding hydrogens is 241 g/mol. The van der Waals surface area contributed by atoms with Crippen LogP contribution >= 0.6 is 23.2 Å². The Hall–Kier alpha value is -0.660. The molecule has 1 aromatic rings. The molecule has 1 N–H and O–H groups in total. The number of hydrogen-bond donors (Lipinski definition) is 1. The van der Waals surface area contributed by atoms with Crippen molar-refractivity contribution in [3.05, 3.63) is 41.1 Å². The van der Waals surface area contributed by atoms with Crippen molar-refractivity contribution in [3.63, 3.8) is 0 Å². The van der Waals surface area contributed by atoms with Gasteiger partial charge in [-0.1, -0.05) is 18.2 Å². The van der Waals surface area contributed by atoms with E-state index in [9.17, 15) is 0 Å². The quantitative estimate of drug-likeness (QED) is 0.751. The van der Waals surface area contributed by atoms with Crippen LogP contribution in [0.25, 0.3) is 0 Å². The molecule has 1 nitrogen and oxygen atoms in total. The first-order valence-corrected chi connectivity index (χ1v) is 5.93. The van der Waals surface area contributed by atoms with E-state index in [1.54, 1.807) is 0 Å². The highest BCUT2D eigenvalue weighted by atomic mass is 35.5. The molecule has 0 aliphatic heterocycles. The zero-order valence-electron chi connectivity index (χ0n) is 9.90. The molecule has 1 aromatic carbocycles. The molecule has 0 amide bonds. The highest BCUT2D eigenvalue weighted by Crippen LogP contribution is 2.25. The van der Waals surface area contributed by atoms with Crippen LogP contribution in [-0.2, 0) is 0 Å². The molecule has 0 radical (unpaired) electrons. The van der Waals surface area contributed by atoms with Gasteiger partial charge < -0.3 is 5.32 Å². The van der Waals surface area contributed by atoms with Gasteiger partial charge in [-0.05, 0) is 44.5 Å². The van der Waals surface area contributed by atoms with E-state index in [2.05, 4.69) is 11.9 Å². The number of rotatable bonds is 4. The number of anilines is 1. The third-order valence-corrected chi connectivity index (χ3v) is 2.67. The highest BCUT2D eigenvalue weighted by Gasteiger charge is 2.14. The van der Waals surface area contributed by atoms with Gasteiger partial charge in [-0.15, -0.1) is 11.6 Å². The number of benzene rings is 1. The Bertz CT molecular complexity index is 391. The minimum atomic E-state index is -0.272. The lowest BCUT2D eigenvalue weighted by molar-refractivity contribution is 0.692. The zero-order valence-corrected chi connectivity index (χ0v) is 11.4. The maximum atomic E-state index is 6.13. The van der Waals surface area contributed by atoms with E-state index in [4.69, 9.17) is 23.2 Å². The topological polar surface area (TPSA) is 12.0 Å². The van der Waals surface area contributed by atoms with Gasteiger partial charge in [0.1, 0.15) is 0 Å². The molecule has 0 fully saturated rings. The first-order valence-electron chi connectivity index (χ1n) is 5.18. The van der Waals surface area contributed by atoms with Gasteiger partial charge in [0.25, 0.3) is 0 Å². The predicted octanol–water partition coefficient (Wildman–Crippen LogP) is 4.98. The van der Waals surface area contributed by atoms with Crippen LogP contribution in [0.3, 0.4) is 0 Å². The molecule has 16 heavy (non-hydrogen) atoms. The van der Waals surface area contributed by atoms with E-state index >= 15 is 0 Å². The normalized spacial score (nSPS) is 11.3. The van der Waals surface area contributed by atoms with Gasteiger partial charge in [0.2, 0.25) is 0 Å². The third-order valence-electron chi connectivity index (χ3n) is 2.11. The van der Waals surface area contributed by atoms with Crippen LogP contribution in [0.4, 0.5) is 5.69 Å². The first-order chi connectivity index (χ1) is 7.28. The fourth-order valence-corrected chi connectivity index (χ4v) is 1.76. The van der Waals surface area contributed by atoms with Crippen molar-refractivity contribution < 1.29 is 0 Å². The summed E-state index contributed by atoms with van der Waals surface area (Å²) in [6, 6.07) is 5.80. The van der Waals surface area contributed by atoms with Crippen molar-refractivity contribution in [2.24, 2.45) is 0 Å². The van der Waals surface area contributed by atoms with E-state index in [0.717, 1.165) is 28.4 Å². The average molecular weight is 258 g/mol. The molecule has 0 bridgehead atoms. The molecule has 0 heterocycles. The van der Waals surface area contributed by atoms with Crippen LogP contribution in [0.15, 0.2) is 30.5 Å². The fraction of sp³-hybridized carbons (Fsp3) is 0.385. The molecule has 0 spiro atoms. The summed E-state index contributed by atoms with van der Waals surface area (Å²) in [5.41, 5.74) is 2.94. The van der Waals surface area contributed by atoms with Gasteiger partial charge >= 0.3 is 0 Å². The van der Waals surface area contributed by atoms with E-state index in [1.165, 1.54) is 0 Å². The van der Waals surface area contributed by atoms with Gasteiger partial charge in [0, 0.05) is 27.7 Å². The Balaban J connectivity index is 2.67. The fourth-order valence-electron chi connectivity index (χ4n) is 1.48. The number of hydrogen-bond acceptors (Lipinski definition) is 1. The summed E-state index contributed by atoms with van der Waals surface area (Å²) in [5.74, 6) is 0. The summed E-state index contributed by atoms with van der Waals surface area (Å²) >= 11 is 12.1. The zero-order chi connectivity index (χ0) is 12.3. The van der Waals surface area contributed by atoms with Crippen molar-refractivity contribution in [2.45, 2.75) is 32.1 Å². The van der Waals surface area contributed by atoms with E-state index in [0.29, 0.717) is 0 Å². The van der Waals surface area contributed by atoms with E-state index in [1.807, 2.05) is 39.0 Å². The Morgan fingerprint density at radius 1 is 1.44 bits per heavy atom. The van der Waals surface area contributed by atoms with Crippen LogP contribution in [0, 0.1) is 6.92 Å². The van der Waals surface area contributed by atoms with Crippen molar-refractivity contribution in [3.8, 4) is 0 Å².